The molecule has 0 radical (unpaired) electrons. The molecular weight excluding hydrogens is 340 g/mol. The number of hydrogen-bond acceptors (Lipinski definition) is 1. The number of benzene rings is 2. The monoisotopic (exact) mass is 376 g/mol. The van der Waals surface area contributed by atoms with Crippen LogP contribution in [-0.2, 0) is 0 Å². The molecule has 0 N–H and O–H groups in total. The molecule has 0 unspecified atom stereocenters. The van der Waals surface area contributed by atoms with E-state index < -0.39 is 0 Å². The highest BCUT2D eigenvalue weighted by Gasteiger charge is 2.30. The van der Waals surface area contributed by atoms with Crippen LogP contribution in [0.3, 0.4) is 0 Å². The van der Waals surface area contributed by atoms with Crippen molar-refractivity contribution in [2.75, 3.05) is 0 Å². The molecule has 150 valence electrons. The van der Waals surface area contributed by atoms with E-state index >= 15 is 0 Å². The zero-order chi connectivity index (χ0) is 21.3. The smallest absolute Gasteiger partial charge is 0.168 e. The second-order valence-corrected chi connectivity index (χ2v) is 10.8. The predicted octanol–water partition coefficient (Wildman–Crippen LogP) is 7.92. The molecule has 0 aromatic heterocycles. The fourth-order valence-electron chi connectivity index (χ4n) is 3.73. The average Bonchev–Trinajstić information content (AvgIpc) is 2.57. The van der Waals surface area contributed by atoms with Gasteiger partial charge in [0.05, 0.1) is 0 Å². The third kappa shape index (κ3) is 5.01. The van der Waals surface area contributed by atoms with E-state index in [1.54, 1.807) is 0 Å². The summed E-state index contributed by atoms with van der Waals surface area (Å²) in [7, 11) is 0. The van der Waals surface area contributed by atoms with Gasteiger partial charge in [-0.3, -0.25) is 4.79 Å². The van der Waals surface area contributed by atoms with Crippen LogP contribution in [0.15, 0.2) is 54.6 Å². The molecule has 0 fully saturated rings. The molecule has 0 aliphatic rings. The molecule has 2 rings (SSSR count). The van der Waals surface area contributed by atoms with Crippen LogP contribution in [0.25, 0.3) is 11.1 Å². The van der Waals surface area contributed by atoms with Crippen molar-refractivity contribution < 1.29 is 4.79 Å². The zero-order valence-electron chi connectivity index (χ0n) is 19.1. The molecule has 0 aliphatic heterocycles. The Kier molecular flexibility index (Phi) is 6.09. The number of hydrogen-bond donors (Lipinski definition) is 0. The summed E-state index contributed by atoms with van der Waals surface area (Å²) in [6, 6.07) is 18.9. The quantitative estimate of drug-likeness (QED) is 0.393. The Hall–Kier alpha value is -2.15. The molecule has 0 bridgehead atoms. The van der Waals surface area contributed by atoms with Crippen LogP contribution in [-0.4, -0.2) is 5.78 Å². The lowest BCUT2D eigenvalue weighted by Crippen LogP contribution is -2.20. The van der Waals surface area contributed by atoms with Crippen LogP contribution >= 0.6 is 0 Å². The van der Waals surface area contributed by atoms with Gasteiger partial charge in [-0.25, -0.2) is 0 Å². The second kappa shape index (κ2) is 7.70. The first-order chi connectivity index (χ1) is 12.7. The summed E-state index contributed by atoms with van der Waals surface area (Å²) in [6.45, 7) is 19.5. The summed E-state index contributed by atoms with van der Waals surface area (Å²) in [6.07, 6.45) is 0. The lowest BCUT2D eigenvalue weighted by atomic mass is 9.70. The van der Waals surface area contributed by atoms with E-state index in [1.807, 2.05) is 32.9 Å². The molecule has 2 aromatic carbocycles. The molecule has 0 atom stereocenters. The van der Waals surface area contributed by atoms with Crippen LogP contribution < -0.4 is 0 Å². The van der Waals surface area contributed by atoms with Gasteiger partial charge in [0.1, 0.15) is 0 Å². The number of allylic oxidation sites excluding steroid dienone is 2. The number of Topliss-reactive ketones (excluding diaryl/α,β-unsaturated/α-hetero) is 1. The fraction of sp³-hybridized carbons (Fsp3) is 0.444. The van der Waals surface area contributed by atoms with Crippen molar-refractivity contribution in [2.24, 2.45) is 16.2 Å². The van der Waals surface area contributed by atoms with Crippen molar-refractivity contribution in [3.05, 3.63) is 71.3 Å². The summed E-state index contributed by atoms with van der Waals surface area (Å²) in [4.78, 5) is 12.6. The molecule has 1 nitrogen and oxygen atoms in total. The first-order valence-corrected chi connectivity index (χ1v) is 10.2. The molecular formula is C27H36O. The van der Waals surface area contributed by atoms with Gasteiger partial charge < -0.3 is 0 Å². The minimum Gasteiger partial charge on any atom is -0.294 e. The van der Waals surface area contributed by atoms with Crippen LogP contribution in [0.1, 0.15) is 83.8 Å². The molecule has 0 amide bonds. The number of carbonyl (C=O) groups excluding carboxylic acids is 1. The minimum atomic E-state index is -0.370. The predicted molar refractivity (Wildman–Crippen MR) is 122 cm³/mol. The fourth-order valence-corrected chi connectivity index (χ4v) is 3.73. The SMILES string of the molecule is CC(C)(C)C(=O)c1ccc(/C(=C(/c2ccccc2)C(C)(C)C)C(C)(C)C)cc1. The molecule has 2 aromatic rings. The van der Waals surface area contributed by atoms with Gasteiger partial charge in [-0.1, -0.05) is 117 Å². The Bertz CT molecular complexity index is 846. The van der Waals surface area contributed by atoms with E-state index in [2.05, 4.69) is 84.0 Å². The van der Waals surface area contributed by atoms with Gasteiger partial charge in [-0.2, -0.15) is 0 Å². The second-order valence-electron chi connectivity index (χ2n) is 10.8. The third-order valence-electron chi connectivity index (χ3n) is 4.93. The summed E-state index contributed by atoms with van der Waals surface area (Å²) in [5, 5.41) is 0. The third-order valence-corrected chi connectivity index (χ3v) is 4.93. The Balaban J connectivity index is 2.73. The maximum absolute atomic E-state index is 12.6. The van der Waals surface area contributed by atoms with Crippen molar-refractivity contribution in [3.63, 3.8) is 0 Å². The maximum atomic E-state index is 12.6. The summed E-state index contributed by atoms with van der Waals surface area (Å²) >= 11 is 0. The van der Waals surface area contributed by atoms with Crippen LogP contribution in [0.4, 0.5) is 0 Å². The van der Waals surface area contributed by atoms with Gasteiger partial charge in [0, 0.05) is 11.0 Å². The van der Waals surface area contributed by atoms with Crippen molar-refractivity contribution >= 4 is 16.9 Å². The molecule has 0 saturated carbocycles. The number of carbonyl (C=O) groups is 1. The number of rotatable bonds is 3. The number of ketones is 1. The minimum absolute atomic E-state index is 0.0101. The van der Waals surface area contributed by atoms with Crippen molar-refractivity contribution in [2.45, 2.75) is 62.3 Å². The van der Waals surface area contributed by atoms with Gasteiger partial charge in [0.25, 0.3) is 0 Å². The lowest BCUT2D eigenvalue weighted by molar-refractivity contribution is 0.0858. The highest BCUT2D eigenvalue weighted by atomic mass is 16.1. The molecule has 0 aliphatic carbocycles. The highest BCUT2D eigenvalue weighted by molar-refractivity contribution is 6.01. The van der Waals surface area contributed by atoms with E-state index in [9.17, 15) is 4.79 Å². The average molecular weight is 377 g/mol. The van der Waals surface area contributed by atoms with E-state index in [0.29, 0.717) is 0 Å². The van der Waals surface area contributed by atoms with E-state index in [-0.39, 0.29) is 22.0 Å². The Morgan fingerprint density at radius 3 is 1.21 bits per heavy atom. The van der Waals surface area contributed by atoms with Gasteiger partial charge >= 0.3 is 0 Å². The van der Waals surface area contributed by atoms with Gasteiger partial charge in [0.2, 0.25) is 0 Å². The van der Waals surface area contributed by atoms with Crippen LogP contribution in [0.5, 0.6) is 0 Å². The molecule has 0 saturated heterocycles. The lowest BCUT2D eigenvalue weighted by Gasteiger charge is -2.34. The van der Waals surface area contributed by atoms with E-state index in [0.717, 1.165) is 5.56 Å². The molecule has 28 heavy (non-hydrogen) atoms. The normalized spacial score (nSPS) is 13.9. The molecule has 0 spiro atoms. The zero-order valence-corrected chi connectivity index (χ0v) is 19.1. The van der Waals surface area contributed by atoms with Crippen LogP contribution in [0.2, 0.25) is 0 Å². The molecule has 1 heteroatoms. The summed E-state index contributed by atoms with van der Waals surface area (Å²) in [5.74, 6) is 0.180. The van der Waals surface area contributed by atoms with Crippen molar-refractivity contribution in [1.82, 2.24) is 0 Å². The van der Waals surface area contributed by atoms with E-state index in [1.165, 1.54) is 22.3 Å². The summed E-state index contributed by atoms with van der Waals surface area (Å²) < 4.78 is 0. The standard InChI is InChI=1S/C27H36O/c1-25(2,3)22(19-13-11-10-12-14-19)23(26(4,5)6)20-15-17-21(18-16-20)24(28)27(7,8)9/h10-18H,1-9H3/b23-22+. The van der Waals surface area contributed by atoms with Gasteiger partial charge in [-0.15, -0.1) is 0 Å². The van der Waals surface area contributed by atoms with Crippen LogP contribution in [0, 0.1) is 16.2 Å². The first-order valence-electron chi connectivity index (χ1n) is 10.2. The van der Waals surface area contributed by atoms with Crippen molar-refractivity contribution in [3.8, 4) is 0 Å². The van der Waals surface area contributed by atoms with Gasteiger partial charge in [-0.05, 0) is 33.1 Å². The van der Waals surface area contributed by atoms with Gasteiger partial charge in [0.15, 0.2) is 5.78 Å². The highest BCUT2D eigenvalue weighted by Crippen LogP contribution is 2.47. The summed E-state index contributed by atoms with van der Waals surface area (Å²) in [5.41, 5.74) is 5.50. The Morgan fingerprint density at radius 2 is 0.857 bits per heavy atom. The van der Waals surface area contributed by atoms with E-state index in [4.69, 9.17) is 0 Å². The maximum Gasteiger partial charge on any atom is 0.168 e. The van der Waals surface area contributed by atoms with Crippen molar-refractivity contribution in [1.29, 1.82) is 0 Å². The Labute approximate surface area is 171 Å². The Morgan fingerprint density at radius 1 is 0.500 bits per heavy atom. The first kappa shape index (κ1) is 22.1. The topological polar surface area (TPSA) is 17.1 Å². The largest absolute Gasteiger partial charge is 0.294 e. The molecule has 0 heterocycles.